The fraction of sp³-hybridized carbons (Fsp3) is 0.565. The predicted octanol–water partition coefficient (Wildman–Crippen LogP) is 2.82. The summed E-state index contributed by atoms with van der Waals surface area (Å²) in [4.78, 5) is 4.73. The molecule has 1 aromatic heterocycles. The standard InChI is InChI=1S/C23H35N5O2/c1-2-24-23(25-10-5-13-30-19-20-8-14-29-15-9-20)26-17-21-6-3-7-22(16-21)18-28-12-4-11-27-28/h3-4,6-7,11-12,16,20H,2,5,8-10,13-15,17-19H2,1H3,(H2,24,25,26). The molecule has 1 fully saturated rings. The number of nitrogens with zero attached hydrogens (tertiary/aromatic N) is 3. The number of hydrogen-bond donors (Lipinski definition) is 2. The van der Waals surface area contributed by atoms with Crippen molar-refractivity contribution in [3.63, 3.8) is 0 Å². The molecule has 2 N–H and O–H groups in total. The van der Waals surface area contributed by atoms with Gasteiger partial charge in [0.05, 0.1) is 13.1 Å². The summed E-state index contributed by atoms with van der Waals surface area (Å²) in [6, 6.07) is 10.5. The molecule has 3 rings (SSSR count). The van der Waals surface area contributed by atoms with E-state index in [0.717, 1.165) is 71.3 Å². The summed E-state index contributed by atoms with van der Waals surface area (Å²) in [7, 11) is 0. The first-order valence-electron chi connectivity index (χ1n) is 11.1. The van der Waals surface area contributed by atoms with Crippen molar-refractivity contribution < 1.29 is 9.47 Å². The van der Waals surface area contributed by atoms with Gasteiger partial charge in [-0.05, 0) is 49.3 Å². The minimum absolute atomic E-state index is 0.641. The summed E-state index contributed by atoms with van der Waals surface area (Å²) in [5.74, 6) is 1.51. The van der Waals surface area contributed by atoms with Gasteiger partial charge in [0.25, 0.3) is 0 Å². The molecule has 1 aliphatic heterocycles. The van der Waals surface area contributed by atoms with E-state index in [1.54, 1.807) is 6.20 Å². The second kappa shape index (κ2) is 13.0. The molecule has 1 aliphatic rings. The number of nitrogens with one attached hydrogen (secondary N) is 2. The van der Waals surface area contributed by atoms with E-state index in [2.05, 4.69) is 46.9 Å². The maximum atomic E-state index is 5.84. The molecule has 0 unspecified atom stereocenters. The van der Waals surface area contributed by atoms with Crippen LogP contribution in [0.1, 0.15) is 37.3 Å². The second-order valence-corrected chi connectivity index (χ2v) is 7.63. The first-order chi connectivity index (χ1) is 14.8. The van der Waals surface area contributed by atoms with Crippen molar-refractivity contribution in [3.8, 4) is 0 Å². The Balaban J connectivity index is 1.38. The van der Waals surface area contributed by atoms with E-state index in [0.29, 0.717) is 12.5 Å². The summed E-state index contributed by atoms with van der Waals surface area (Å²) in [5, 5.41) is 11.0. The molecule has 164 valence electrons. The highest BCUT2D eigenvalue weighted by Crippen LogP contribution is 2.14. The van der Waals surface area contributed by atoms with Crippen molar-refractivity contribution in [2.24, 2.45) is 10.9 Å². The van der Waals surface area contributed by atoms with Gasteiger partial charge in [0.15, 0.2) is 5.96 Å². The summed E-state index contributed by atoms with van der Waals surface area (Å²) < 4.78 is 13.2. The van der Waals surface area contributed by atoms with E-state index < -0.39 is 0 Å². The van der Waals surface area contributed by atoms with Crippen LogP contribution < -0.4 is 10.6 Å². The Hall–Kier alpha value is -2.38. The van der Waals surface area contributed by atoms with Crippen LogP contribution >= 0.6 is 0 Å². The molecular formula is C23H35N5O2. The van der Waals surface area contributed by atoms with E-state index >= 15 is 0 Å². The smallest absolute Gasteiger partial charge is 0.191 e. The molecule has 1 saturated heterocycles. The number of hydrogen-bond acceptors (Lipinski definition) is 4. The minimum atomic E-state index is 0.641. The first-order valence-corrected chi connectivity index (χ1v) is 11.1. The molecular weight excluding hydrogens is 378 g/mol. The van der Waals surface area contributed by atoms with Gasteiger partial charge in [-0.25, -0.2) is 4.99 Å². The van der Waals surface area contributed by atoms with Crippen LogP contribution in [-0.4, -0.2) is 55.3 Å². The molecule has 1 aromatic carbocycles. The lowest BCUT2D eigenvalue weighted by Gasteiger charge is -2.21. The average molecular weight is 414 g/mol. The molecule has 2 heterocycles. The third kappa shape index (κ3) is 8.16. The zero-order valence-corrected chi connectivity index (χ0v) is 18.1. The maximum absolute atomic E-state index is 5.84. The predicted molar refractivity (Wildman–Crippen MR) is 120 cm³/mol. The van der Waals surface area contributed by atoms with Crippen LogP contribution in [0.4, 0.5) is 0 Å². The molecule has 0 spiro atoms. The molecule has 7 nitrogen and oxygen atoms in total. The zero-order chi connectivity index (χ0) is 20.9. The molecule has 7 heteroatoms. The van der Waals surface area contributed by atoms with Gasteiger partial charge in [-0.15, -0.1) is 0 Å². The Morgan fingerprint density at radius 3 is 2.90 bits per heavy atom. The van der Waals surface area contributed by atoms with Crippen LogP contribution in [0.25, 0.3) is 0 Å². The van der Waals surface area contributed by atoms with Gasteiger partial charge < -0.3 is 20.1 Å². The lowest BCUT2D eigenvalue weighted by atomic mass is 10.0. The molecule has 0 atom stereocenters. The topological polar surface area (TPSA) is 72.7 Å². The third-order valence-corrected chi connectivity index (χ3v) is 5.11. The van der Waals surface area contributed by atoms with E-state index in [4.69, 9.17) is 14.5 Å². The number of aromatic nitrogens is 2. The van der Waals surface area contributed by atoms with E-state index in [1.165, 1.54) is 11.1 Å². The van der Waals surface area contributed by atoms with Crippen LogP contribution in [0.3, 0.4) is 0 Å². The Kier molecular flexibility index (Phi) is 9.69. The highest BCUT2D eigenvalue weighted by Gasteiger charge is 2.13. The van der Waals surface area contributed by atoms with Gasteiger partial charge in [0.2, 0.25) is 0 Å². The highest BCUT2D eigenvalue weighted by molar-refractivity contribution is 5.79. The molecule has 0 saturated carbocycles. The van der Waals surface area contributed by atoms with Crippen LogP contribution in [0.5, 0.6) is 0 Å². The number of benzene rings is 1. The third-order valence-electron chi connectivity index (χ3n) is 5.11. The van der Waals surface area contributed by atoms with Crippen molar-refractivity contribution in [2.75, 3.05) is 39.5 Å². The normalized spacial score (nSPS) is 15.3. The Morgan fingerprint density at radius 1 is 1.23 bits per heavy atom. The van der Waals surface area contributed by atoms with Crippen LogP contribution in [0.15, 0.2) is 47.7 Å². The van der Waals surface area contributed by atoms with Crippen LogP contribution in [-0.2, 0) is 22.6 Å². The van der Waals surface area contributed by atoms with Gasteiger partial charge >= 0.3 is 0 Å². The number of ether oxygens (including phenoxy) is 2. The van der Waals surface area contributed by atoms with Crippen molar-refractivity contribution in [2.45, 2.75) is 39.3 Å². The quantitative estimate of drug-likeness (QED) is 0.337. The molecule has 0 aliphatic carbocycles. The van der Waals surface area contributed by atoms with Gasteiger partial charge in [-0.2, -0.15) is 5.10 Å². The van der Waals surface area contributed by atoms with E-state index in [1.807, 2.05) is 16.9 Å². The lowest BCUT2D eigenvalue weighted by Crippen LogP contribution is -2.38. The zero-order valence-electron chi connectivity index (χ0n) is 18.1. The van der Waals surface area contributed by atoms with Crippen molar-refractivity contribution in [1.29, 1.82) is 0 Å². The van der Waals surface area contributed by atoms with Gasteiger partial charge in [-0.3, -0.25) is 4.68 Å². The van der Waals surface area contributed by atoms with Crippen molar-refractivity contribution in [1.82, 2.24) is 20.4 Å². The van der Waals surface area contributed by atoms with E-state index in [9.17, 15) is 0 Å². The second-order valence-electron chi connectivity index (χ2n) is 7.63. The maximum Gasteiger partial charge on any atom is 0.191 e. The molecule has 0 bridgehead atoms. The fourth-order valence-electron chi connectivity index (χ4n) is 3.46. The molecule has 0 radical (unpaired) electrons. The Labute approximate surface area is 179 Å². The fourth-order valence-corrected chi connectivity index (χ4v) is 3.46. The minimum Gasteiger partial charge on any atom is -0.381 e. The van der Waals surface area contributed by atoms with E-state index in [-0.39, 0.29) is 0 Å². The Morgan fingerprint density at radius 2 is 2.10 bits per heavy atom. The highest BCUT2D eigenvalue weighted by atomic mass is 16.5. The summed E-state index contributed by atoms with van der Waals surface area (Å²) in [6.07, 6.45) is 6.99. The molecule has 30 heavy (non-hydrogen) atoms. The van der Waals surface area contributed by atoms with Crippen molar-refractivity contribution in [3.05, 3.63) is 53.9 Å². The van der Waals surface area contributed by atoms with Gasteiger partial charge in [0, 0.05) is 51.9 Å². The molecule has 0 amide bonds. The van der Waals surface area contributed by atoms with Gasteiger partial charge in [0.1, 0.15) is 0 Å². The largest absolute Gasteiger partial charge is 0.381 e. The number of aliphatic imine (C=N–C) groups is 1. The number of guanidine groups is 1. The summed E-state index contributed by atoms with van der Waals surface area (Å²) in [6.45, 7) is 8.57. The number of rotatable bonds is 11. The summed E-state index contributed by atoms with van der Waals surface area (Å²) in [5.41, 5.74) is 2.42. The SMILES string of the molecule is CCNC(=NCc1cccc(Cn2cccn2)c1)NCCCOCC1CCOCC1. The van der Waals surface area contributed by atoms with Crippen LogP contribution in [0.2, 0.25) is 0 Å². The lowest BCUT2D eigenvalue weighted by molar-refractivity contribution is 0.0203. The monoisotopic (exact) mass is 413 g/mol. The average Bonchev–Trinajstić information content (AvgIpc) is 3.28. The van der Waals surface area contributed by atoms with Crippen LogP contribution in [0, 0.1) is 5.92 Å². The Bertz CT molecular complexity index is 742. The molecule has 2 aromatic rings. The summed E-state index contributed by atoms with van der Waals surface area (Å²) >= 11 is 0. The van der Waals surface area contributed by atoms with Gasteiger partial charge in [-0.1, -0.05) is 24.3 Å². The first kappa shape index (κ1) is 22.3. The van der Waals surface area contributed by atoms with Crippen molar-refractivity contribution >= 4 is 5.96 Å².